The van der Waals surface area contributed by atoms with E-state index in [2.05, 4.69) is 0 Å². The third kappa shape index (κ3) is 3.23. The van der Waals surface area contributed by atoms with E-state index >= 15 is 0 Å². The number of esters is 1. The van der Waals surface area contributed by atoms with Crippen molar-refractivity contribution in [1.82, 2.24) is 0 Å². The highest BCUT2D eigenvalue weighted by molar-refractivity contribution is 5.91. The summed E-state index contributed by atoms with van der Waals surface area (Å²) in [7, 11) is 0. The van der Waals surface area contributed by atoms with Crippen molar-refractivity contribution in [1.29, 1.82) is 0 Å². The molecule has 2 nitrogen and oxygen atoms in total. The minimum atomic E-state index is -0.340. The molecule has 0 aromatic heterocycles. The van der Waals surface area contributed by atoms with Crippen LogP contribution in [0.5, 0.6) is 5.75 Å². The number of hydrogen-bond donors (Lipinski definition) is 0. The number of hydrogen-bond acceptors (Lipinski definition) is 2. The Labute approximate surface area is 130 Å². The second-order valence-electron chi connectivity index (χ2n) is 5.15. The van der Waals surface area contributed by atoms with E-state index in [0.717, 1.165) is 16.7 Å². The summed E-state index contributed by atoms with van der Waals surface area (Å²) in [6.07, 6.45) is 0. The molecule has 3 rings (SSSR count). The van der Waals surface area contributed by atoms with Gasteiger partial charge in [0.2, 0.25) is 0 Å². The van der Waals surface area contributed by atoms with Gasteiger partial charge >= 0.3 is 5.97 Å². The van der Waals surface area contributed by atoms with Crippen molar-refractivity contribution >= 4 is 5.97 Å². The third-order valence-corrected chi connectivity index (χ3v) is 3.46. The summed E-state index contributed by atoms with van der Waals surface area (Å²) in [5, 5.41) is 0. The maximum Gasteiger partial charge on any atom is 0.343 e. The summed E-state index contributed by atoms with van der Waals surface area (Å²) in [5.74, 6) is 0.206. The van der Waals surface area contributed by atoms with Crippen molar-refractivity contribution in [3.05, 3.63) is 90.0 Å². The highest BCUT2D eigenvalue weighted by Gasteiger charge is 2.08. The van der Waals surface area contributed by atoms with E-state index in [-0.39, 0.29) is 5.97 Å². The molecule has 0 bridgehead atoms. The van der Waals surface area contributed by atoms with Gasteiger partial charge in [-0.05, 0) is 42.3 Å². The minimum absolute atomic E-state index is 0.340. The van der Waals surface area contributed by atoms with Gasteiger partial charge in [-0.1, -0.05) is 60.2 Å². The molecule has 0 heterocycles. The highest BCUT2D eigenvalue weighted by Crippen LogP contribution is 2.22. The first kappa shape index (κ1) is 14.1. The van der Waals surface area contributed by atoms with Gasteiger partial charge in [0.1, 0.15) is 5.75 Å². The number of carbonyl (C=O) groups excluding carboxylic acids is 1. The third-order valence-electron chi connectivity index (χ3n) is 3.46. The second kappa shape index (κ2) is 6.27. The van der Waals surface area contributed by atoms with Crippen LogP contribution in [0.15, 0.2) is 78.9 Å². The van der Waals surface area contributed by atoms with Crippen LogP contribution in [-0.4, -0.2) is 5.97 Å². The largest absolute Gasteiger partial charge is 0.423 e. The average Bonchev–Trinajstić information content (AvgIpc) is 2.57. The van der Waals surface area contributed by atoms with E-state index in [0.29, 0.717) is 11.3 Å². The summed E-state index contributed by atoms with van der Waals surface area (Å²) >= 11 is 0. The van der Waals surface area contributed by atoms with Crippen LogP contribution in [0.25, 0.3) is 11.1 Å². The summed E-state index contributed by atoms with van der Waals surface area (Å²) < 4.78 is 5.39. The van der Waals surface area contributed by atoms with Crippen molar-refractivity contribution in [2.45, 2.75) is 6.92 Å². The lowest BCUT2D eigenvalue weighted by Crippen LogP contribution is -2.08. The number of carbonyl (C=O) groups is 1. The molecule has 0 amide bonds. The molecule has 22 heavy (non-hydrogen) atoms. The average molecular weight is 288 g/mol. The fourth-order valence-electron chi connectivity index (χ4n) is 2.20. The molecule has 0 N–H and O–H groups in total. The zero-order valence-corrected chi connectivity index (χ0v) is 12.3. The topological polar surface area (TPSA) is 26.3 Å². The lowest BCUT2D eigenvalue weighted by molar-refractivity contribution is 0.0735. The van der Waals surface area contributed by atoms with E-state index in [4.69, 9.17) is 4.74 Å². The van der Waals surface area contributed by atoms with Crippen LogP contribution in [0, 0.1) is 6.92 Å². The van der Waals surface area contributed by atoms with Crippen LogP contribution < -0.4 is 4.74 Å². The van der Waals surface area contributed by atoms with Gasteiger partial charge in [0.15, 0.2) is 0 Å². The number of ether oxygens (including phenoxy) is 1. The maximum atomic E-state index is 12.1. The number of aryl methyl sites for hydroxylation is 1. The molecule has 0 atom stereocenters. The lowest BCUT2D eigenvalue weighted by atomic mass is 10.1. The van der Waals surface area contributed by atoms with Crippen LogP contribution in [0.1, 0.15) is 15.9 Å². The van der Waals surface area contributed by atoms with Gasteiger partial charge < -0.3 is 4.74 Å². The smallest absolute Gasteiger partial charge is 0.343 e. The van der Waals surface area contributed by atoms with Gasteiger partial charge in [0, 0.05) is 0 Å². The summed E-state index contributed by atoms with van der Waals surface area (Å²) in [6.45, 7) is 1.98. The molecular weight excluding hydrogens is 272 g/mol. The Balaban J connectivity index is 1.73. The Hall–Kier alpha value is -2.87. The standard InChI is InChI=1S/C20H16O2/c1-15-7-9-18(10-8-15)20(21)22-19-13-11-17(12-14-19)16-5-3-2-4-6-16/h2-14H,1H3. The Kier molecular flexibility index (Phi) is 4.01. The maximum absolute atomic E-state index is 12.1. The molecular formula is C20H16O2. The van der Waals surface area contributed by atoms with Crippen molar-refractivity contribution in [2.75, 3.05) is 0 Å². The van der Waals surface area contributed by atoms with Gasteiger partial charge in [0.05, 0.1) is 5.56 Å². The van der Waals surface area contributed by atoms with Gasteiger partial charge in [0.25, 0.3) is 0 Å². The minimum Gasteiger partial charge on any atom is -0.423 e. The van der Waals surface area contributed by atoms with Crippen LogP contribution in [0.4, 0.5) is 0 Å². The second-order valence-corrected chi connectivity index (χ2v) is 5.15. The first-order valence-corrected chi connectivity index (χ1v) is 7.17. The molecule has 3 aromatic rings. The molecule has 2 heteroatoms. The van der Waals surface area contributed by atoms with Gasteiger partial charge in [-0.25, -0.2) is 4.79 Å². The summed E-state index contributed by atoms with van der Waals surface area (Å²) in [6, 6.07) is 25.0. The van der Waals surface area contributed by atoms with Crippen molar-refractivity contribution in [3.8, 4) is 16.9 Å². The molecule has 0 aliphatic rings. The molecule has 0 saturated heterocycles. The highest BCUT2D eigenvalue weighted by atomic mass is 16.5. The quantitative estimate of drug-likeness (QED) is 0.507. The van der Waals surface area contributed by atoms with Gasteiger partial charge in [-0.2, -0.15) is 0 Å². The SMILES string of the molecule is Cc1ccc(C(=O)Oc2ccc(-c3ccccc3)cc2)cc1. The molecule has 0 aliphatic carbocycles. The predicted octanol–water partition coefficient (Wildman–Crippen LogP) is 4.88. The Morgan fingerprint density at radius 1 is 0.727 bits per heavy atom. The van der Waals surface area contributed by atoms with Gasteiger partial charge in [-0.15, -0.1) is 0 Å². The predicted molar refractivity (Wildman–Crippen MR) is 88.0 cm³/mol. The fraction of sp³-hybridized carbons (Fsp3) is 0.0500. The molecule has 108 valence electrons. The van der Waals surface area contributed by atoms with Gasteiger partial charge in [-0.3, -0.25) is 0 Å². The normalized spacial score (nSPS) is 10.2. The molecule has 0 fully saturated rings. The van der Waals surface area contributed by atoms with Crippen LogP contribution in [0.3, 0.4) is 0 Å². The van der Waals surface area contributed by atoms with E-state index in [1.807, 2.05) is 73.7 Å². The van der Waals surface area contributed by atoms with E-state index < -0.39 is 0 Å². The fourth-order valence-corrected chi connectivity index (χ4v) is 2.20. The molecule has 0 spiro atoms. The molecule has 0 radical (unpaired) electrons. The molecule has 0 aliphatic heterocycles. The van der Waals surface area contributed by atoms with Crippen LogP contribution in [0.2, 0.25) is 0 Å². The zero-order valence-electron chi connectivity index (χ0n) is 12.3. The van der Waals surface area contributed by atoms with E-state index in [1.54, 1.807) is 12.1 Å². The number of benzene rings is 3. The lowest BCUT2D eigenvalue weighted by Gasteiger charge is -2.06. The molecule has 0 saturated carbocycles. The first-order chi connectivity index (χ1) is 10.7. The Bertz CT molecular complexity index is 757. The Morgan fingerprint density at radius 3 is 1.95 bits per heavy atom. The van der Waals surface area contributed by atoms with Crippen LogP contribution in [-0.2, 0) is 0 Å². The van der Waals surface area contributed by atoms with Crippen molar-refractivity contribution < 1.29 is 9.53 Å². The summed E-state index contributed by atoms with van der Waals surface area (Å²) in [5.41, 5.74) is 3.90. The van der Waals surface area contributed by atoms with Crippen molar-refractivity contribution in [2.24, 2.45) is 0 Å². The van der Waals surface area contributed by atoms with Crippen molar-refractivity contribution in [3.63, 3.8) is 0 Å². The van der Waals surface area contributed by atoms with E-state index in [9.17, 15) is 4.79 Å². The number of rotatable bonds is 3. The van der Waals surface area contributed by atoms with E-state index in [1.165, 1.54) is 0 Å². The monoisotopic (exact) mass is 288 g/mol. The zero-order chi connectivity index (χ0) is 15.4. The molecule has 0 unspecified atom stereocenters. The summed E-state index contributed by atoms with van der Waals surface area (Å²) in [4.78, 5) is 12.1. The Morgan fingerprint density at radius 2 is 1.32 bits per heavy atom. The van der Waals surface area contributed by atoms with Crippen LogP contribution >= 0.6 is 0 Å². The molecule has 3 aromatic carbocycles. The first-order valence-electron chi connectivity index (χ1n) is 7.17.